The molecule has 4 amide bonds. The quantitative estimate of drug-likeness (QED) is 0.171. The summed E-state index contributed by atoms with van der Waals surface area (Å²) in [6, 6.07) is -0.833. The maximum Gasteiger partial charge on any atom is 0.309 e. The van der Waals surface area contributed by atoms with Gasteiger partial charge in [-0.1, -0.05) is 25.3 Å². The zero-order valence-electron chi connectivity index (χ0n) is 26.8. The number of primary amides is 2. The molecule has 2 aliphatic heterocycles. The third-order valence-corrected chi connectivity index (χ3v) is 8.11. The summed E-state index contributed by atoms with van der Waals surface area (Å²) in [5, 5.41) is 24.6. The molecule has 13 nitrogen and oxygen atoms in total. The van der Waals surface area contributed by atoms with Crippen LogP contribution in [0.15, 0.2) is 59.0 Å². The number of carboxylic acid groups (broad SMARTS) is 2. The van der Waals surface area contributed by atoms with Gasteiger partial charge in [0.2, 0.25) is 0 Å². The SMILES string of the molecule is C=CC1=C(C)/C(=C/c2[nH]c(Cc3[nH]c(/C=C4\NC(=O)C(C)=C4C=C)c(C)c3CCC(=O)O)c(CCC(=O)O)c2C)NC1=O.NC(N)=O. The van der Waals surface area contributed by atoms with Crippen molar-refractivity contribution in [2.45, 2.75) is 59.8 Å². The molecule has 0 bridgehead atoms. The van der Waals surface area contributed by atoms with Crippen LogP contribution in [-0.2, 0) is 38.4 Å². The minimum Gasteiger partial charge on any atom is -0.481 e. The topological polar surface area (TPSA) is 233 Å². The van der Waals surface area contributed by atoms with E-state index in [4.69, 9.17) is 4.79 Å². The number of nitrogens with one attached hydrogen (secondary N) is 4. The minimum absolute atomic E-state index is 0.0688. The van der Waals surface area contributed by atoms with Gasteiger partial charge < -0.3 is 42.3 Å². The number of nitrogens with two attached hydrogens (primary N) is 2. The molecule has 0 spiro atoms. The van der Waals surface area contributed by atoms with E-state index in [-0.39, 0.29) is 37.5 Å². The third-order valence-electron chi connectivity index (χ3n) is 8.11. The molecular formula is C34H40N6O7. The Labute approximate surface area is 271 Å². The average Bonchev–Trinajstić information content (AvgIpc) is 3.62. The molecule has 13 heteroatoms. The lowest BCUT2D eigenvalue weighted by atomic mass is 9.98. The Balaban J connectivity index is 0.00000142. The molecule has 2 aliphatic rings. The lowest BCUT2D eigenvalue weighted by Gasteiger charge is -2.07. The second-order valence-electron chi connectivity index (χ2n) is 11.1. The van der Waals surface area contributed by atoms with Crippen LogP contribution in [0.5, 0.6) is 0 Å². The lowest BCUT2D eigenvalue weighted by Crippen LogP contribution is -2.18. The van der Waals surface area contributed by atoms with Gasteiger partial charge in [-0.05, 0) is 80.5 Å². The summed E-state index contributed by atoms with van der Waals surface area (Å²) in [5.74, 6) is -2.28. The van der Waals surface area contributed by atoms with Crippen LogP contribution in [0, 0.1) is 13.8 Å². The average molecular weight is 645 g/mol. The fourth-order valence-electron chi connectivity index (χ4n) is 5.61. The number of carbonyl (C=O) groups is 5. The first-order valence-electron chi connectivity index (χ1n) is 14.7. The smallest absolute Gasteiger partial charge is 0.309 e. The Kier molecular flexibility index (Phi) is 11.3. The summed E-state index contributed by atoms with van der Waals surface area (Å²) in [6.07, 6.45) is 7.58. The maximum absolute atomic E-state index is 12.3. The second kappa shape index (κ2) is 15.0. The second-order valence-corrected chi connectivity index (χ2v) is 11.1. The van der Waals surface area contributed by atoms with Gasteiger partial charge in [0.25, 0.3) is 11.8 Å². The number of carboxylic acids is 2. The Bertz CT molecular complexity index is 1810. The van der Waals surface area contributed by atoms with E-state index >= 15 is 0 Å². The molecule has 0 aliphatic carbocycles. The lowest BCUT2D eigenvalue weighted by molar-refractivity contribution is -0.138. The van der Waals surface area contributed by atoms with Crippen LogP contribution >= 0.6 is 0 Å². The van der Waals surface area contributed by atoms with Crippen molar-refractivity contribution >= 4 is 41.9 Å². The van der Waals surface area contributed by atoms with E-state index in [1.165, 1.54) is 6.08 Å². The monoisotopic (exact) mass is 644 g/mol. The van der Waals surface area contributed by atoms with Crippen molar-refractivity contribution in [3.8, 4) is 0 Å². The molecule has 4 heterocycles. The van der Waals surface area contributed by atoms with E-state index in [1.807, 2.05) is 32.9 Å². The Morgan fingerprint density at radius 2 is 1.13 bits per heavy atom. The first-order chi connectivity index (χ1) is 22.1. The molecule has 0 atom stereocenters. The normalized spacial score (nSPS) is 15.9. The van der Waals surface area contributed by atoms with Crippen molar-refractivity contribution in [2.24, 2.45) is 11.5 Å². The summed E-state index contributed by atoms with van der Waals surface area (Å²) < 4.78 is 0. The van der Waals surface area contributed by atoms with Gasteiger partial charge in [0.05, 0.1) is 5.70 Å². The standard InChI is InChI=1S/C33H36N4O6.CH4N2O/c1-7-20-19(6)32(42)37-27(20)14-25-18(5)23(10-12-31(40)41)29(35-25)15-28-22(9-11-30(38)39)17(4)24(34-28)13-26-16(3)21(8-2)33(43)36-26;2-1(3)4/h7-8,13-14,34-35H,1-2,9-12,15H2,3-6H3,(H,36,43)(H,37,42)(H,38,39)(H,40,41);(H4,2,3,4)/b26-13-,27-14-;. The highest BCUT2D eigenvalue weighted by molar-refractivity contribution is 6.03. The highest BCUT2D eigenvalue weighted by Gasteiger charge is 2.25. The third kappa shape index (κ3) is 8.25. The zero-order chi connectivity index (χ0) is 35.2. The molecule has 0 unspecified atom stereocenters. The highest BCUT2D eigenvalue weighted by Crippen LogP contribution is 2.31. The zero-order valence-corrected chi connectivity index (χ0v) is 26.8. The number of allylic oxidation sites excluding steroid dienone is 2. The molecule has 0 radical (unpaired) electrons. The molecule has 248 valence electrons. The molecule has 0 aromatic carbocycles. The van der Waals surface area contributed by atoms with Crippen LogP contribution in [0.25, 0.3) is 12.2 Å². The van der Waals surface area contributed by atoms with Crippen molar-refractivity contribution in [2.75, 3.05) is 0 Å². The Morgan fingerprint density at radius 1 is 0.702 bits per heavy atom. The fourth-order valence-corrected chi connectivity index (χ4v) is 5.61. The number of rotatable bonds is 12. The van der Waals surface area contributed by atoms with Gasteiger partial charge in [-0.3, -0.25) is 19.2 Å². The Hall–Kier alpha value is -5.85. The van der Waals surface area contributed by atoms with Crippen molar-refractivity contribution < 1.29 is 34.2 Å². The molecular weight excluding hydrogens is 604 g/mol. The molecule has 4 rings (SSSR count). The van der Waals surface area contributed by atoms with E-state index in [1.54, 1.807) is 13.0 Å². The van der Waals surface area contributed by atoms with E-state index in [0.717, 1.165) is 50.6 Å². The molecule has 0 fully saturated rings. The summed E-state index contributed by atoms with van der Waals surface area (Å²) >= 11 is 0. The summed E-state index contributed by atoms with van der Waals surface area (Å²) in [6.45, 7) is 14.9. The van der Waals surface area contributed by atoms with Crippen LogP contribution < -0.4 is 22.1 Å². The van der Waals surface area contributed by atoms with Gasteiger partial charge in [-0.2, -0.15) is 0 Å². The van der Waals surface area contributed by atoms with Crippen LogP contribution in [0.1, 0.15) is 71.7 Å². The fraction of sp³-hybridized carbons (Fsp3) is 0.265. The molecule has 0 saturated carbocycles. The van der Waals surface area contributed by atoms with E-state index in [9.17, 15) is 29.4 Å². The number of H-pyrrole nitrogens is 2. The van der Waals surface area contributed by atoms with E-state index < -0.39 is 18.0 Å². The van der Waals surface area contributed by atoms with Crippen molar-refractivity contribution in [3.05, 3.63) is 104 Å². The van der Waals surface area contributed by atoms with Gasteiger partial charge >= 0.3 is 18.0 Å². The Morgan fingerprint density at radius 3 is 1.53 bits per heavy atom. The summed E-state index contributed by atoms with van der Waals surface area (Å²) in [7, 11) is 0. The number of carbonyl (C=O) groups excluding carboxylic acids is 3. The van der Waals surface area contributed by atoms with Crippen molar-refractivity contribution in [1.82, 2.24) is 20.6 Å². The largest absolute Gasteiger partial charge is 0.481 e. The summed E-state index contributed by atoms with van der Waals surface area (Å²) in [4.78, 5) is 63.5. The molecule has 2 aromatic rings. The van der Waals surface area contributed by atoms with Crippen LogP contribution in [0.4, 0.5) is 4.79 Å². The van der Waals surface area contributed by atoms with E-state index in [0.29, 0.717) is 34.5 Å². The van der Waals surface area contributed by atoms with Crippen LogP contribution in [-0.4, -0.2) is 50.0 Å². The molecule has 10 N–H and O–H groups in total. The first kappa shape index (κ1) is 35.6. The van der Waals surface area contributed by atoms with Gasteiger partial charge in [-0.25, -0.2) is 4.79 Å². The number of urea groups is 1. The van der Waals surface area contributed by atoms with E-state index in [2.05, 4.69) is 45.2 Å². The van der Waals surface area contributed by atoms with Crippen LogP contribution in [0.2, 0.25) is 0 Å². The highest BCUT2D eigenvalue weighted by atomic mass is 16.4. The molecule has 47 heavy (non-hydrogen) atoms. The number of hydrogen-bond acceptors (Lipinski definition) is 5. The number of hydrogen-bond donors (Lipinski definition) is 8. The van der Waals surface area contributed by atoms with Gasteiger partial charge in [0.1, 0.15) is 0 Å². The van der Waals surface area contributed by atoms with Crippen molar-refractivity contribution in [3.63, 3.8) is 0 Å². The van der Waals surface area contributed by atoms with Crippen molar-refractivity contribution in [1.29, 1.82) is 0 Å². The minimum atomic E-state index is -0.922. The van der Waals surface area contributed by atoms with Gasteiger partial charge in [0.15, 0.2) is 0 Å². The van der Waals surface area contributed by atoms with Gasteiger partial charge in [-0.15, -0.1) is 0 Å². The molecule has 0 saturated heterocycles. The first-order valence-corrected chi connectivity index (χ1v) is 14.7. The number of amides is 4. The maximum atomic E-state index is 12.3. The predicted octanol–water partition coefficient (Wildman–Crippen LogP) is 3.56. The van der Waals surface area contributed by atoms with Crippen LogP contribution in [0.3, 0.4) is 0 Å². The van der Waals surface area contributed by atoms with Gasteiger partial charge in [0, 0.05) is 64.5 Å². The summed E-state index contributed by atoms with van der Waals surface area (Å²) in [5.41, 5.74) is 18.7. The number of aromatic nitrogens is 2. The number of aliphatic carboxylic acids is 2. The molecule has 2 aromatic heterocycles. The predicted molar refractivity (Wildman–Crippen MR) is 178 cm³/mol. The number of aromatic amines is 2.